The fourth-order valence-electron chi connectivity index (χ4n) is 2.44. The van der Waals surface area contributed by atoms with Gasteiger partial charge in [-0.25, -0.2) is 4.79 Å². The standard InChI is InChI=1S/C18H13NO.CH2O3/c1-2-6-13(7-3-1)14-10-11-16-18(12-14)20-17-9-5-4-8-15(17)19-16;2-1(3)4/h1-12,19H;(H2,2,3,4). The summed E-state index contributed by atoms with van der Waals surface area (Å²) in [6.07, 6.45) is -1.83. The Bertz CT molecular complexity index is 858. The topological polar surface area (TPSA) is 78.8 Å². The number of carbonyl (C=O) groups is 1. The number of hydrogen-bond acceptors (Lipinski definition) is 3. The smallest absolute Gasteiger partial charge is 0.453 e. The van der Waals surface area contributed by atoms with Crippen molar-refractivity contribution in [1.82, 2.24) is 0 Å². The van der Waals surface area contributed by atoms with Gasteiger partial charge in [-0.05, 0) is 35.4 Å². The summed E-state index contributed by atoms with van der Waals surface area (Å²) in [6.45, 7) is 0. The summed E-state index contributed by atoms with van der Waals surface area (Å²) in [5.41, 5.74) is 4.36. The van der Waals surface area contributed by atoms with Crippen molar-refractivity contribution in [2.24, 2.45) is 0 Å². The third-order valence-electron chi connectivity index (χ3n) is 3.47. The van der Waals surface area contributed by atoms with Gasteiger partial charge in [0.2, 0.25) is 0 Å². The second-order valence-electron chi connectivity index (χ2n) is 5.08. The first kappa shape index (κ1) is 15.4. The van der Waals surface area contributed by atoms with Crippen molar-refractivity contribution in [2.45, 2.75) is 0 Å². The van der Waals surface area contributed by atoms with Gasteiger partial charge in [0.05, 0.1) is 11.4 Å². The lowest BCUT2D eigenvalue weighted by Crippen LogP contribution is -2.02. The highest BCUT2D eigenvalue weighted by Crippen LogP contribution is 2.43. The second-order valence-corrected chi connectivity index (χ2v) is 5.08. The molecule has 0 amide bonds. The summed E-state index contributed by atoms with van der Waals surface area (Å²) in [5.74, 6) is 1.73. The van der Waals surface area contributed by atoms with Crippen molar-refractivity contribution in [3.63, 3.8) is 0 Å². The molecule has 3 N–H and O–H groups in total. The lowest BCUT2D eigenvalue weighted by Gasteiger charge is -2.22. The normalized spacial score (nSPS) is 10.8. The van der Waals surface area contributed by atoms with Crippen LogP contribution >= 0.6 is 0 Å². The van der Waals surface area contributed by atoms with Crippen LogP contribution in [0.25, 0.3) is 11.1 Å². The molecule has 0 saturated heterocycles. The van der Waals surface area contributed by atoms with Gasteiger partial charge in [-0.3, -0.25) is 0 Å². The predicted molar refractivity (Wildman–Crippen MR) is 92.3 cm³/mol. The summed E-state index contributed by atoms with van der Waals surface area (Å²) in [5, 5.41) is 17.3. The van der Waals surface area contributed by atoms with Gasteiger partial charge in [0.1, 0.15) is 0 Å². The van der Waals surface area contributed by atoms with E-state index in [-0.39, 0.29) is 0 Å². The molecule has 0 bridgehead atoms. The number of anilines is 2. The fourth-order valence-corrected chi connectivity index (χ4v) is 2.44. The Morgan fingerprint density at radius 2 is 1.38 bits per heavy atom. The van der Waals surface area contributed by atoms with E-state index in [1.165, 1.54) is 5.56 Å². The molecule has 5 heteroatoms. The van der Waals surface area contributed by atoms with Crippen molar-refractivity contribution >= 4 is 17.5 Å². The second kappa shape index (κ2) is 6.75. The molecule has 3 aromatic rings. The maximum Gasteiger partial charge on any atom is 0.503 e. The molecule has 0 aliphatic carbocycles. The maximum absolute atomic E-state index is 8.56. The van der Waals surface area contributed by atoms with Crippen LogP contribution in [0.15, 0.2) is 72.8 Å². The molecule has 5 nitrogen and oxygen atoms in total. The fraction of sp³-hybridized carbons (Fsp3) is 0. The van der Waals surface area contributed by atoms with E-state index in [4.69, 9.17) is 19.7 Å². The zero-order chi connectivity index (χ0) is 16.9. The molecule has 1 aliphatic heterocycles. The zero-order valence-corrected chi connectivity index (χ0v) is 12.6. The number of rotatable bonds is 1. The number of fused-ring (bicyclic) bond motifs is 2. The molecule has 0 fully saturated rings. The van der Waals surface area contributed by atoms with Crippen LogP contribution < -0.4 is 10.1 Å². The molecule has 3 aromatic carbocycles. The molecule has 120 valence electrons. The SMILES string of the molecule is O=C(O)O.c1ccc(-c2ccc3c(c2)Oc2ccccc2N3)cc1. The molecule has 24 heavy (non-hydrogen) atoms. The summed E-state index contributed by atoms with van der Waals surface area (Å²) in [6, 6.07) is 24.5. The summed E-state index contributed by atoms with van der Waals surface area (Å²) in [4.78, 5) is 8.56. The number of benzene rings is 3. The Morgan fingerprint density at radius 1 is 0.750 bits per heavy atom. The van der Waals surface area contributed by atoms with Gasteiger partial charge in [-0.1, -0.05) is 48.5 Å². The molecule has 0 aromatic heterocycles. The monoisotopic (exact) mass is 321 g/mol. The van der Waals surface area contributed by atoms with Crippen LogP contribution in [-0.2, 0) is 0 Å². The van der Waals surface area contributed by atoms with Gasteiger partial charge in [-0.2, -0.15) is 0 Å². The lowest BCUT2D eigenvalue weighted by molar-refractivity contribution is 0.137. The van der Waals surface area contributed by atoms with Crippen molar-refractivity contribution in [1.29, 1.82) is 0 Å². The molecular weight excluding hydrogens is 306 g/mol. The molecule has 0 atom stereocenters. The number of carboxylic acid groups (broad SMARTS) is 2. The van der Waals surface area contributed by atoms with Crippen LogP contribution in [0.3, 0.4) is 0 Å². The van der Waals surface area contributed by atoms with Gasteiger partial charge in [0, 0.05) is 0 Å². The lowest BCUT2D eigenvalue weighted by atomic mass is 10.0. The number of para-hydroxylation sites is 2. The Morgan fingerprint density at radius 3 is 2.12 bits per heavy atom. The minimum Gasteiger partial charge on any atom is -0.453 e. The van der Waals surface area contributed by atoms with Gasteiger partial charge >= 0.3 is 6.16 Å². The molecule has 4 rings (SSSR count). The average molecular weight is 321 g/mol. The van der Waals surface area contributed by atoms with Crippen molar-refractivity contribution < 1.29 is 19.7 Å². The molecule has 0 saturated carbocycles. The number of ether oxygens (including phenoxy) is 1. The third-order valence-corrected chi connectivity index (χ3v) is 3.47. The number of hydrogen-bond donors (Lipinski definition) is 3. The number of nitrogens with one attached hydrogen (secondary N) is 1. The largest absolute Gasteiger partial charge is 0.503 e. The van der Waals surface area contributed by atoms with Crippen LogP contribution in [0.4, 0.5) is 16.2 Å². The average Bonchev–Trinajstić information content (AvgIpc) is 2.60. The first-order chi connectivity index (χ1) is 11.6. The van der Waals surface area contributed by atoms with E-state index in [2.05, 4.69) is 35.6 Å². The highest BCUT2D eigenvalue weighted by atomic mass is 16.6. The van der Waals surface area contributed by atoms with Crippen LogP contribution in [0, 0.1) is 0 Å². The predicted octanol–water partition coefficient (Wildman–Crippen LogP) is 5.43. The van der Waals surface area contributed by atoms with E-state index < -0.39 is 6.16 Å². The van der Waals surface area contributed by atoms with Crippen LogP contribution in [0.2, 0.25) is 0 Å². The van der Waals surface area contributed by atoms with Crippen LogP contribution in [-0.4, -0.2) is 16.4 Å². The van der Waals surface area contributed by atoms with Crippen molar-refractivity contribution in [3.05, 3.63) is 72.8 Å². The van der Waals surface area contributed by atoms with Crippen LogP contribution in [0.1, 0.15) is 0 Å². The Kier molecular flexibility index (Phi) is 4.34. The van der Waals surface area contributed by atoms with E-state index in [9.17, 15) is 0 Å². The molecule has 1 heterocycles. The Hall–Kier alpha value is -3.47. The summed E-state index contributed by atoms with van der Waals surface area (Å²) >= 11 is 0. The molecule has 1 aliphatic rings. The third kappa shape index (κ3) is 3.47. The first-order valence-corrected chi connectivity index (χ1v) is 7.29. The molecule has 0 radical (unpaired) electrons. The van der Waals surface area contributed by atoms with E-state index in [1.54, 1.807) is 0 Å². The van der Waals surface area contributed by atoms with Gasteiger partial charge in [0.15, 0.2) is 11.5 Å². The van der Waals surface area contributed by atoms with Gasteiger partial charge in [0.25, 0.3) is 0 Å². The quantitative estimate of drug-likeness (QED) is 0.436. The van der Waals surface area contributed by atoms with Gasteiger partial charge in [-0.15, -0.1) is 0 Å². The zero-order valence-electron chi connectivity index (χ0n) is 12.6. The Balaban J connectivity index is 0.000000383. The minimum atomic E-state index is -1.83. The summed E-state index contributed by atoms with van der Waals surface area (Å²) < 4.78 is 5.98. The molecular formula is C19H15NO4. The highest BCUT2D eigenvalue weighted by molar-refractivity contribution is 5.79. The van der Waals surface area contributed by atoms with E-state index in [1.807, 2.05) is 42.5 Å². The Labute approximate surface area is 138 Å². The van der Waals surface area contributed by atoms with Crippen molar-refractivity contribution in [3.8, 4) is 22.6 Å². The van der Waals surface area contributed by atoms with E-state index in [0.29, 0.717) is 0 Å². The molecule has 0 spiro atoms. The maximum atomic E-state index is 8.56. The van der Waals surface area contributed by atoms with Crippen LogP contribution in [0.5, 0.6) is 11.5 Å². The first-order valence-electron chi connectivity index (χ1n) is 7.29. The highest BCUT2D eigenvalue weighted by Gasteiger charge is 2.16. The van der Waals surface area contributed by atoms with E-state index in [0.717, 1.165) is 28.4 Å². The summed E-state index contributed by atoms with van der Waals surface area (Å²) in [7, 11) is 0. The van der Waals surface area contributed by atoms with E-state index >= 15 is 0 Å². The minimum absolute atomic E-state index is 0.866. The van der Waals surface area contributed by atoms with Crippen molar-refractivity contribution in [2.75, 3.05) is 5.32 Å². The molecule has 0 unspecified atom stereocenters. The van der Waals surface area contributed by atoms with Gasteiger partial charge < -0.3 is 20.3 Å².